The fourth-order valence-electron chi connectivity index (χ4n) is 2.40. The Labute approximate surface area is 137 Å². The summed E-state index contributed by atoms with van der Waals surface area (Å²) in [7, 11) is 3.34. The van der Waals surface area contributed by atoms with Crippen molar-refractivity contribution in [1.29, 1.82) is 0 Å². The van der Waals surface area contributed by atoms with Crippen molar-refractivity contribution in [3.63, 3.8) is 0 Å². The first-order valence-electron chi connectivity index (χ1n) is 7.39. The van der Waals surface area contributed by atoms with Gasteiger partial charge in [-0.15, -0.1) is 0 Å². The number of carbonyl (C=O) groups is 2. The SMILES string of the molecule is CN(C)c1ccc(C(F)(F)F)cc1NC(=O)N[C@H]1CCC(=O)NC1. The highest BCUT2D eigenvalue weighted by Crippen LogP contribution is 2.34. The third kappa shape index (κ3) is 4.53. The van der Waals surface area contributed by atoms with Gasteiger partial charge in [-0.05, 0) is 24.6 Å². The standard InChI is InChI=1S/C15H19F3N4O2/c1-22(2)12-5-3-9(15(16,17)18)7-11(12)21-14(24)20-10-4-6-13(23)19-8-10/h3,5,7,10H,4,6,8H2,1-2H3,(H,19,23)(H2,20,21,24)/t10-/m0/s1. The van der Waals surface area contributed by atoms with Crippen LogP contribution in [0.3, 0.4) is 0 Å². The Morgan fingerprint density at radius 2 is 2.04 bits per heavy atom. The Kier molecular flexibility index (Phi) is 5.20. The number of nitrogens with zero attached hydrogens (tertiary/aromatic N) is 1. The number of anilines is 2. The zero-order valence-electron chi connectivity index (χ0n) is 13.3. The summed E-state index contributed by atoms with van der Waals surface area (Å²) in [6.45, 7) is 0.301. The molecule has 1 saturated heterocycles. The van der Waals surface area contributed by atoms with Gasteiger partial charge in [0.1, 0.15) is 0 Å². The van der Waals surface area contributed by atoms with Gasteiger partial charge in [0, 0.05) is 33.1 Å². The van der Waals surface area contributed by atoms with Gasteiger partial charge in [0.2, 0.25) is 5.91 Å². The van der Waals surface area contributed by atoms with E-state index in [1.165, 1.54) is 6.07 Å². The molecule has 132 valence electrons. The van der Waals surface area contributed by atoms with E-state index < -0.39 is 17.8 Å². The van der Waals surface area contributed by atoms with Gasteiger partial charge >= 0.3 is 12.2 Å². The number of halogens is 3. The average molecular weight is 344 g/mol. The summed E-state index contributed by atoms with van der Waals surface area (Å²) in [6, 6.07) is 2.31. The number of rotatable bonds is 3. The molecule has 1 aliphatic rings. The lowest BCUT2D eigenvalue weighted by atomic mass is 10.1. The number of urea groups is 1. The molecular formula is C15H19F3N4O2. The van der Waals surface area contributed by atoms with E-state index in [0.29, 0.717) is 25.1 Å². The Balaban J connectivity index is 2.11. The van der Waals surface area contributed by atoms with Crippen LogP contribution in [-0.4, -0.2) is 38.6 Å². The van der Waals surface area contributed by atoms with Gasteiger partial charge in [-0.1, -0.05) is 0 Å². The third-order valence-electron chi connectivity index (χ3n) is 3.65. The minimum Gasteiger partial charge on any atom is -0.376 e. The minimum absolute atomic E-state index is 0.0622. The van der Waals surface area contributed by atoms with Crippen LogP contribution >= 0.6 is 0 Å². The molecule has 0 radical (unpaired) electrons. The molecule has 0 bridgehead atoms. The molecule has 1 aromatic carbocycles. The van der Waals surface area contributed by atoms with E-state index in [9.17, 15) is 22.8 Å². The van der Waals surface area contributed by atoms with Gasteiger partial charge in [-0.3, -0.25) is 4.79 Å². The van der Waals surface area contributed by atoms with Crippen molar-refractivity contribution in [2.24, 2.45) is 0 Å². The number of hydrogen-bond donors (Lipinski definition) is 3. The first-order chi connectivity index (χ1) is 11.2. The zero-order chi connectivity index (χ0) is 17.9. The molecule has 1 aromatic rings. The molecule has 0 aromatic heterocycles. The summed E-state index contributed by atoms with van der Waals surface area (Å²) in [5.74, 6) is -0.0822. The second kappa shape index (κ2) is 6.98. The van der Waals surface area contributed by atoms with Crippen molar-refractivity contribution in [1.82, 2.24) is 10.6 Å². The maximum atomic E-state index is 12.9. The van der Waals surface area contributed by atoms with Crippen molar-refractivity contribution in [3.05, 3.63) is 23.8 Å². The maximum Gasteiger partial charge on any atom is 0.416 e. The van der Waals surface area contributed by atoms with Crippen LogP contribution in [0.25, 0.3) is 0 Å². The Hall–Kier alpha value is -2.45. The molecule has 0 aliphatic carbocycles. The Morgan fingerprint density at radius 3 is 2.58 bits per heavy atom. The summed E-state index contributed by atoms with van der Waals surface area (Å²) >= 11 is 0. The second-order valence-electron chi connectivity index (χ2n) is 5.76. The fraction of sp³-hybridized carbons (Fsp3) is 0.467. The molecule has 1 fully saturated rings. The summed E-state index contributed by atoms with van der Waals surface area (Å²) in [6.07, 6.45) is -3.70. The van der Waals surface area contributed by atoms with E-state index in [1.807, 2.05) is 0 Å². The van der Waals surface area contributed by atoms with Crippen molar-refractivity contribution in [3.8, 4) is 0 Å². The van der Waals surface area contributed by atoms with Crippen LogP contribution in [0.2, 0.25) is 0 Å². The normalized spacial score (nSPS) is 17.9. The van der Waals surface area contributed by atoms with Crippen molar-refractivity contribution >= 4 is 23.3 Å². The highest BCUT2D eigenvalue weighted by molar-refractivity contribution is 5.93. The Morgan fingerprint density at radius 1 is 1.33 bits per heavy atom. The first kappa shape index (κ1) is 17.9. The number of amides is 3. The fourth-order valence-corrected chi connectivity index (χ4v) is 2.40. The summed E-state index contributed by atoms with van der Waals surface area (Å²) in [5.41, 5.74) is -0.324. The molecule has 2 rings (SSSR count). The molecule has 3 N–H and O–H groups in total. The molecule has 1 heterocycles. The van der Waals surface area contributed by atoms with Crippen molar-refractivity contribution in [2.45, 2.75) is 25.1 Å². The highest BCUT2D eigenvalue weighted by atomic mass is 19.4. The predicted octanol–water partition coefficient (Wildman–Crippen LogP) is 2.17. The van der Waals surface area contributed by atoms with E-state index in [1.54, 1.807) is 19.0 Å². The lowest BCUT2D eigenvalue weighted by molar-refractivity contribution is -0.137. The van der Waals surface area contributed by atoms with E-state index in [4.69, 9.17) is 0 Å². The van der Waals surface area contributed by atoms with Gasteiger partial charge in [-0.2, -0.15) is 13.2 Å². The summed E-state index contributed by atoms with van der Waals surface area (Å²) in [4.78, 5) is 24.8. The molecular weight excluding hydrogens is 325 g/mol. The topological polar surface area (TPSA) is 73.5 Å². The van der Waals surface area contributed by atoms with E-state index in [2.05, 4.69) is 16.0 Å². The van der Waals surface area contributed by atoms with E-state index in [0.717, 1.165) is 12.1 Å². The van der Waals surface area contributed by atoms with Gasteiger partial charge in [0.25, 0.3) is 0 Å². The van der Waals surface area contributed by atoms with Crippen LogP contribution in [0.5, 0.6) is 0 Å². The number of nitrogens with one attached hydrogen (secondary N) is 3. The largest absolute Gasteiger partial charge is 0.416 e. The minimum atomic E-state index is -4.49. The lowest BCUT2D eigenvalue weighted by Gasteiger charge is -2.24. The van der Waals surface area contributed by atoms with Crippen LogP contribution in [0, 0.1) is 0 Å². The maximum absolute atomic E-state index is 12.9. The summed E-state index contributed by atoms with van der Waals surface area (Å²) in [5, 5.41) is 7.73. The molecule has 0 saturated carbocycles. The monoisotopic (exact) mass is 344 g/mol. The molecule has 6 nitrogen and oxygen atoms in total. The molecule has 9 heteroatoms. The smallest absolute Gasteiger partial charge is 0.376 e. The van der Waals surface area contributed by atoms with Gasteiger partial charge in [-0.25, -0.2) is 4.79 Å². The zero-order valence-corrected chi connectivity index (χ0v) is 13.3. The molecule has 3 amide bonds. The number of carbonyl (C=O) groups excluding carboxylic acids is 2. The number of hydrogen-bond acceptors (Lipinski definition) is 3. The van der Waals surface area contributed by atoms with Crippen molar-refractivity contribution < 1.29 is 22.8 Å². The van der Waals surface area contributed by atoms with Crippen LogP contribution in [-0.2, 0) is 11.0 Å². The van der Waals surface area contributed by atoms with Crippen LogP contribution < -0.4 is 20.9 Å². The van der Waals surface area contributed by atoms with Crippen molar-refractivity contribution in [2.75, 3.05) is 30.9 Å². The van der Waals surface area contributed by atoms with E-state index in [-0.39, 0.29) is 17.6 Å². The predicted molar refractivity (Wildman–Crippen MR) is 84.0 cm³/mol. The van der Waals surface area contributed by atoms with Crippen LogP contribution in [0.15, 0.2) is 18.2 Å². The van der Waals surface area contributed by atoms with Gasteiger partial charge in [0.05, 0.1) is 16.9 Å². The van der Waals surface area contributed by atoms with Crippen LogP contribution in [0.1, 0.15) is 18.4 Å². The number of alkyl halides is 3. The summed E-state index contributed by atoms with van der Waals surface area (Å²) < 4.78 is 38.6. The number of piperidine rings is 1. The second-order valence-corrected chi connectivity index (χ2v) is 5.76. The third-order valence-corrected chi connectivity index (χ3v) is 3.65. The lowest BCUT2D eigenvalue weighted by Crippen LogP contribution is -2.49. The van der Waals surface area contributed by atoms with Gasteiger partial charge in [0.15, 0.2) is 0 Å². The van der Waals surface area contributed by atoms with E-state index >= 15 is 0 Å². The van der Waals surface area contributed by atoms with Gasteiger partial charge < -0.3 is 20.9 Å². The highest BCUT2D eigenvalue weighted by Gasteiger charge is 2.31. The average Bonchev–Trinajstić information content (AvgIpc) is 2.48. The first-order valence-corrected chi connectivity index (χ1v) is 7.39. The molecule has 0 unspecified atom stereocenters. The molecule has 1 atom stereocenters. The molecule has 24 heavy (non-hydrogen) atoms. The quantitative estimate of drug-likeness (QED) is 0.787. The van der Waals surface area contributed by atoms with Crippen LogP contribution in [0.4, 0.5) is 29.3 Å². The number of benzene rings is 1. The Bertz CT molecular complexity index is 622. The molecule has 1 aliphatic heterocycles. The molecule has 0 spiro atoms.